The molecule has 1 N–H and O–H groups in total. The van der Waals surface area contributed by atoms with Crippen molar-refractivity contribution in [2.45, 2.75) is 32.9 Å². The molecule has 1 heterocycles. The monoisotopic (exact) mass is 236 g/mol. The zero-order valence-electron chi connectivity index (χ0n) is 10.8. The fraction of sp³-hybridized carbons (Fsp3) is 0.571. The molecule has 1 aliphatic heterocycles. The van der Waals surface area contributed by atoms with Gasteiger partial charge in [-0.25, -0.2) is 4.39 Å². The van der Waals surface area contributed by atoms with E-state index >= 15 is 0 Å². The van der Waals surface area contributed by atoms with E-state index in [4.69, 9.17) is 0 Å². The number of halogens is 1. The number of hydrogen-bond donors (Lipinski definition) is 1. The number of nitrogens with zero attached hydrogens (tertiary/aromatic N) is 1. The van der Waals surface area contributed by atoms with Crippen LogP contribution < -0.4 is 10.2 Å². The third kappa shape index (κ3) is 2.78. The van der Waals surface area contributed by atoms with Crippen LogP contribution in [0.2, 0.25) is 0 Å². The van der Waals surface area contributed by atoms with Crippen LogP contribution in [0.4, 0.5) is 10.1 Å². The maximum Gasteiger partial charge on any atom is 0.125 e. The Morgan fingerprint density at radius 2 is 2.12 bits per heavy atom. The van der Waals surface area contributed by atoms with Crippen molar-refractivity contribution in [1.82, 2.24) is 5.32 Å². The van der Waals surface area contributed by atoms with E-state index in [1.54, 1.807) is 12.1 Å². The van der Waals surface area contributed by atoms with E-state index < -0.39 is 0 Å². The average molecular weight is 236 g/mol. The molecule has 3 heteroatoms. The van der Waals surface area contributed by atoms with E-state index in [-0.39, 0.29) is 5.82 Å². The Bertz CT molecular complexity index is 392. The predicted octanol–water partition coefficient (Wildman–Crippen LogP) is 2.78. The first-order chi connectivity index (χ1) is 8.10. The first kappa shape index (κ1) is 12.4. The largest absolute Gasteiger partial charge is 0.368 e. The van der Waals surface area contributed by atoms with Crippen molar-refractivity contribution < 1.29 is 4.39 Å². The summed E-state index contributed by atoms with van der Waals surface area (Å²) in [4.78, 5) is 2.31. The van der Waals surface area contributed by atoms with Crippen molar-refractivity contribution in [3.05, 3.63) is 29.6 Å². The standard InChI is InChI=1S/C14H21FN2/c1-10-4-11(2)17(9-10)14-6-12(8-16-3)5-13(15)7-14/h5-7,10-11,16H,4,8-9H2,1-3H3. The smallest absolute Gasteiger partial charge is 0.125 e. The second-order valence-corrected chi connectivity index (χ2v) is 5.19. The number of rotatable bonds is 3. The molecule has 0 saturated carbocycles. The van der Waals surface area contributed by atoms with E-state index in [9.17, 15) is 4.39 Å². The Kier molecular flexibility index (Phi) is 3.67. The van der Waals surface area contributed by atoms with Gasteiger partial charge in [-0.15, -0.1) is 0 Å². The summed E-state index contributed by atoms with van der Waals surface area (Å²) in [6.07, 6.45) is 1.19. The minimum absolute atomic E-state index is 0.139. The minimum atomic E-state index is -0.139. The molecular weight excluding hydrogens is 215 g/mol. The quantitative estimate of drug-likeness (QED) is 0.868. The summed E-state index contributed by atoms with van der Waals surface area (Å²) < 4.78 is 13.6. The second-order valence-electron chi connectivity index (χ2n) is 5.19. The van der Waals surface area contributed by atoms with E-state index in [2.05, 4.69) is 30.1 Å². The van der Waals surface area contributed by atoms with E-state index in [1.165, 1.54) is 6.42 Å². The predicted molar refractivity (Wildman–Crippen MR) is 69.8 cm³/mol. The lowest BCUT2D eigenvalue weighted by Crippen LogP contribution is -2.27. The van der Waals surface area contributed by atoms with Gasteiger partial charge in [-0.3, -0.25) is 0 Å². The third-order valence-electron chi connectivity index (χ3n) is 3.44. The summed E-state index contributed by atoms with van der Waals surface area (Å²) in [7, 11) is 1.88. The molecule has 1 aromatic carbocycles. The van der Waals surface area contributed by atoms with Crippen LogP contribution >= 0.6 is 0 Å². The average Bonchev–Trinajstić information content (AvgIpc) is 2.57. The molecule has 0 aliphatic carbocycles. The van der Waals surface area contributed by atoms with Gasteiger partial charge in [0.05, 0.1) is 0 Å². The first-order valence-electron chi connectivity index (χ1n) is 6.31. The zero-order valence-corrected chi connectivity index (χ0v) is 10.8. The van der Waals surface area contributed by atoms with Crippen molar-refractivity contribution in [2.24, 2.45) is 5.92 Å². The second kappa shape index (κ2) is 5.05. The summed E-state index contributed by atoms with van der Waals surface area (Å²) in [5.74, 6) is 0.556. The van der Waals surface area contributed by atoms with Crippen LogP contribution in [-0.4, -0.2) is 19.6 Å². The van der Waals surface area contributed by atoms with Gasteiger partial charge in [-0.2, -0.15) is 0 Å². The third-order valence-corrected chi connectivity index (χ3v) is 3.44. The summed E-state index contributed by atoms with van der Waals surface area (Å²) >= 11 is 0. The molecule has 1 saturated heterocycles. The van der Waals surface area contributed by atoms with Crippen LogP contribution in [-0.2, 0) is 6.54 Å². The molecule has 1 fully saturated rings. The lowest BCUT2D eigenvalue weighted by molar-refractivity contribution is 0.620. The van der Waals surface area contributed by atoms with E-state index in [1.807, 2.05) is 7.05 Å². The zero-order chi connectivity index (χ0) is 12.4. The van der Waals surface area contributed by atoms with Gasteiger partial charge in [0.2, 0.25) is 0 Å². The Labute approximate surface area is 103 Å². The van der Waals surface area contributed by atoms with Crippen LogP contribution in [0.25, 0.3) is 0 Å². The molecule has 94 valence electrons. The maximum atomic E-state index is 13.6. The summed E-state index contributed by atoms with van der Waals surface area (Å²) in [5, 5.41) is 3.06. The van der Waals surface area contributed by atoms with Gasteiger partial charge in [0.15, 0.2) is 0 Å². The number of nitrogens with one attached hydrogen (secondary N) is 1. The lowest BCUT2D eigenvalue weighted by Gasteiger charge is -2.24. The molecule has 0 bridgehead atoms. The number of hydrogen-bond acceptors (Lipinski definition) is 2. The molecule has 17 heavy (non-hydrogen) atoms. The fourth-order valence-corrected chi connectivity index (χ4v) is 2.77. The van der Waals surface area contributed by atoms with Crippen LogP contribution in [0.5, 0.6) is 0 Å². The molecule has 0 amide bonds. The van der Waals surface area contributed by atoms with Gasteiger partial charge in [0.25, 0.3) is 0 Å². The molecule has 1 aromatic rings. The highest BCUT2D eigenvalue weighted by atomic mass is 19.1. The SMILES string of the molecule is CNCc1cc(F)cc(N2CC(C)CC2C)c1. The molecule has 0 aromatic heterocycles. The van der Waals surface area contributed by atoms with Gasteiger partial charge < -0.3 is 10.2 Å². The Morgan fingerprint density at radius 1 is 1.35 bits per heavy atom. The van der Waals surface area contributed by atoms with Crippen LogP contribution in [0, 0.1) is 11.7 Å². The highest BCUT2D eigenvalue weighted by molar-refractivity contribution is 5.51. The van der Waals surface area contributed by atoms with Gasteiger partial charge in [-0.05, 0) is 50.1 Å². The highest BCUT2D eigenvalue weighted by Gasteiger charge is 2.26. The van der Waals surface area contributed by atoms with Crippen molar-refractivity contribution >= 4 is 5.69 Å². The summed E-state index contributed by atoms with van der Waals surface area (Å²) in [6.45, 7) is 6.21. The van der Waals surface area contributed by atoms with Gasteiger partial charge in [0.1, 0.15) is 5.82 Å². The molecule has 2 rings (SSSR count). The molecule has 2 unspecified atom stereocenters. The lowest BCUT2D eigenvalue weighted by atomic mass is 10.1. The van der Waals surface area contributed by atoms with E-state index in [0.717, 1.165) is 17.8 Å². The molecule has 0 radical (unpaired) electrons. The van der Waals surface area contributed by atoms with Crippen molar-refractivity contribution in [3.63, 3.8) is 0 Å². The summed E-state index contributed by atoms with van der Waals surface area (Å²) in [6, 6.07) is 5.85. The Balaban J connectivity index is 2.25. The van der Waals surface area contributed by atoms with Crippen LogP contribution in [0.15, 0.2) is 18.2 Å². The Hall–Kier alpha value is -1.09. The molecule has 0 spiro atoms. The van der Waals surface area contributed by atoms with Crippen molar-refractivity contribution in [2.75, 3.05) is 18.5 Å². The summed E-state index contributed by atoms with van der Waals surface area (Å²) in [5.41, 5.74) is 2.03. The van der Waals surface area contributed by atoms with Crippen LogP contribution in [0.1, 0.15) is 25.8 Å². The van der Waals surface area contributed by atoms with Crippen molar-refractivity contribution in [1.29, 1.82) is 0 Å². The topological polar surface area (TPSA) is 15.3 Å². The fourth-order valence-electron chi connectivity index (χ4n) is 2.77. The molecule has 1 aliphatic rings. The Morgan fingerprint density at radius 3 is 2.71 bits per heavy atom. The van der Waals surface area contributed by atoms with Gasteiger partial charge >= 0.3 is 0 Å². The van der Waals surface area contributed by atoms with Crippen molar-refractivity contribution in [3.8, 4) is 0 Å². The molecular formula is C14H21FN2. The van der Waals surface area contributed by atoms with Gasteiger partial charge in [-0.1, -0.05) is 6.92 Å². The number of anilines is 1. The van der Waals surface area contributed by atoms with E-state index in [0.29, 0.717) is 18.5 Å². The highest BCUT2D eigenvalue weighted by Crippen LogP contribution is 2.29. The minimum Gasteiger partial charge on any atom is -0.368 e. The first-order valence-corrected chi connectivity index (χ1v) is 6.31. The molecule has 2 atom stereocenters. The maximum absolute atomic E-state index is 13.6. The van der Waals surface area contributed by atoms with Gasteiger partial charge in [0, 0.05) is 24.8 Å². The van der Waals surface area contributed by atoms with Crippen LogP contribution in [0.3, 0.4) is 0 Å². The molecule has 2 nitrogen and oxygen atoms in total. The number of benzene rings is 1. The normalized spacial score (nSPS) is 24.4.